The average Bonchev–Trinajstić information content (AvgIpc) is 2.34. The summed E-state index contributed by atoms with van der Waals surface area (Å²) in [7, 11) is 0. The van der Waals surface area contributed by atoms with Gasteiger partial charge in [-0.1, -0.05) is 6.07 Å². The molecule has 1 rings (SSSR count). The van der Waals surface area contributed by atoms with Gasteiger partial charge in [0.1, 0.15) is 6.54 Å². The van der Waals surface area contributed by atoms with Crippen molar-refractivity contribution < 1.29 is 40.6 Å². The molecule has 0 bridgehead atoms. The van der Waals surface area contributed by atoms with E-state index in [1.54, 1.807) is 0 Å². The zero-order chi connectivity index (χ0) is 17.2. The lowest BCUT2D eigenvalue weighted by molar-refractivity contribution is -0.330. The Balaban J connectivity index is 2.94. The molecule has 0 aliphatic heterocycles. The summed E-state index contributed by atoms with van der Waals surface area (Å²) in [6, 6.07) is 4.09. The summed E-state index contributed by atoms with van der Waals surface area (Å²) in [6.45, 7) is -0.580. The molecule has 0 spiro atoms. The summed E-state index contributed by atoms with van der Waals surface area (Å²) < 4.78 is 87.9. The molecule has 22 heavy (non-hydrogen) atoms. The van der Waals surface area contributed by atoms with Gasteiger partial charge in [0, 0.05) is 10.6 Å². The number of hydrogen-bond acceptors (Lipinski definition) is 3. The van der Waals surface area contributed by atoms with Gasteiger partial charge in [0.2, 0.25) is 0 Å². The molecule has 0 aliphatic carbocycles. The summed E-state index contributed by atoms with van der Waals surface area (Å²) >= 11 is -0.963. The van der Waals surface area contributed by atoms with E-state index in [0.29, 0.717) is 0 Å². The molecule has 0 atom stereocenters. The fourth-order valence-corrected chi connectivity index (χ4v) is 2.10. The first-order valence-corrected chi connectivity index (χ1v) is 6.25. The van der Waals surface area contributed by atoms with E-state index in [4.69, 9.17) is 5.11 Å². The lowest BCUT2D eigenvalue weighted by Crippen LogP contribution is -2.49. The van der Waals surface area contributed by atoms with Crippen molar-refractivity contribution in [1.82, 2.24) is 0 Å². The number of alkyl halides is 7. The fourth-order valence-electron chi connectivity index (χ4n) is 1.22. The lowest BCUT2D eigenvalue weighted by Gasteiger charge is -2.27. The molecule has 0 aliphatic rings. The Labute approximate surface area is 123 Å². The average molecular weight is 351 g/mol. The van der Waals surface area contributed by atoms with Crippen LogP contribution in [0.3, 0.4) is 0 Å². The van der Waals surface area contributed by atoms with E-state index in [-0.39, 0.29) is 5.69 Å². The highest BCUT2D eigenvalue weighted by atomic mass is 32.2. The maximum Gasteiger partial charge on any atom is 0.460 e. The summed E-state index contributed by atoms with van der Waals surface area (Å²) in [6.07, 6.45) is -6.40. The second-order valence-electron chi connectivity index (χ2n) is 3.97. The van der Waals surface area contributed by atoms with Crippen molar-refractivity contribution in [2.45, 2.75) is 22.2 Å². The molecule has 124 valence electrons. The van der Waals surface area contributed by atoms with Crippen molar-refractivity contribution in [3.8, 4) is 0 Å². The molecule has 3 nitrogen and oxygen atoms in total. The summed E-state index contributed by atoms with van der Waals surface area (Å²) in [4.78, 5) is 9.74. The predicted octanol–water partition coefficient (Wildman–Crippen LogP) is 4.07. The van der Waals surface area contributed by atoms with Crippen LogP contribution in [0.5, 0.6) is 0 Å². The molecule has 0 amide bonds. The molecule has 0 unspecified atom stereocenters. The van der Waals surface area contributed by atoms with Crippen molar-refractivity contribution in [1.29, 1.82) is 0 Å². The molecule has 0 aromatic heterocycles. The van der Waals surface area contributed by atoms with Gasteiger partial charge in [-0.05, 0) is 30.0 Å². The molecule has 0 radical (unpaired) electrons. The van der Waals surface area contributed by atoms with Gasteiger partial charge >= 0.3 is 23.3 Å². The highest BCUT2D eigenvalue weighted by Gasteiger charge is 2.73. The minimum Gasteiger partial charge on any atom is -0.480 e. The van der Waals surface area contributed by atoms with E-state index in [9.17, 15) is 35.5 Å². The van der Waals surface area contributed by atoms with Gasteiger partial charge in [-0.3, -0.25) is 4.79 Å². The monoisotopic (exact) mass is 351 g/mol. The number of carboxylic acid groups (broad SMARTS) is 1. The lowest BCUT2D eigenvalue weighted by atomic mass is 10.3. The van der Waals surface area contributed by atoms with Crippen LogP contribution < -0.4 is 5.32 Å². The zero-order valence-corrected chi connectivity index (χ0v) is 11.2. The number of anilines is 1. The third-order valence-corrected chi connectivity index (χ3v) is 3.25. The molecule has 0 heterocycles. The third-order valence-electron chi connectivity index (χ3n) is 2.25. The highest BCUT2D eigenvalue weighted by Crippen LogP contribution is 2.53. The molecule has 1 aromatic rings. The van der Waals surface area contributed by atoms with Gasteiger partial charge in [-0.2, -0.15) is 30.7 Å². The Morgan fingerprint density at radius 3 is 2.23 bits per heavy atom. The second-order valence-corrected chi connectivity index (χ2v) is 5.15. The van der Waals surface area contributed by atoms with Gasteiger partial charge in [0.15, 0.2) is 0 Å². The number of thioether (sulfide) groups is 1. The van der Waals surface area contributed by atoms with Crippen LogP contribution in [0.4, 0.5) is 36.4 Å². The smallest absolute Gasteiger partial charge is 0.460 e. The molecule has 0 fully saturated rings. The molecular weight excluding hydrogens is 343 g/mol. The number of benzene rings is 1. The highest BCUT2D eigenvalue weighted by molar-refractivity contribution is 8.00. The van der Waals surface area contributed by atoms with Crippen LogP contribution in [0.2, 0.25) is 0 Å². The molecule has 0 saturated heterocycles. The van der Waals surface area contributed by atoms with E-state index in [1.165, 1.54) is 6.07 Å². The summed E-state index contributed by atoms with van der Waals surface area (Å²) in [5, 5.41) is 5.27. The van der Waals surface area contributed by atoms with Crippen LogP contribution in [0.1, 0.15) is 0 Å². The van der Waals surface area contributed by atoms with Crippen molar-refractivity contribution in [2.75, 3.05) is 11.9 Å². The van der Waals surface area contributed by atoms with Crippen molar-refractivity contribution in [2.24, 2.45) is 0 Å². The van der Waals surface area contributed by atoms with Crippen LogP contribution in [0.15, 0.2) is 29.2 Å². The molecule has 11 heteroatoms. The fraction of sp³-hybridized carbons (Fsp3) is 0.364. The van der Waals surface area contributed by atoms with E-state index in [2.05, 4.69) is 5.32 Å². The number of carbonyl (C=O) groups is 1. The molecule has 0 saturated carbocycles. The Morgan fingerprint density at radius 2 is 1.73 bits per heavy atom. The Kier molecular flexibility index (Phi) is 5.21. The maximum absolute atomic E-state index is 13.2. The van der Waals surface area contributed by atoms with Crippen LogP contribution >= 0.6 is 11.8 Å². The van der Waals surface area contributed by atoms with Crippen molar-refractivity contribution in [3.05, 3.63) is 24.3 Å². The first-order valence-electron chi connectivity index (χ1n) is 5.44. The van der Waals surface area contributed by atoms with E-state index in [1.807, 2.05) is 0 Å². The standard InChI is InChI=1S/C11H8F7NO2S/c12-9(13,10(14,15)16)11(17,18)22-7-3-1-2-6(4-7)19-5-8(20)21/h1-4,19H,5H2,(H,20,21). The SMILES string of the molecule is O=C(O)CNc1cccc(SC(F)(F)C(F)(F)C(F)(F)F)c1. The molecular formula is C11H8F7NO2S. The number of aliphatic carboxylic acids is 1. The van der Waals surface area contributed by atoms with Gasteiger partial charge in [-0.25, -0.2) is 0 Å². The van der Waals surface area contributed by atoms with Crippen LogP contribution in [0.25, 0.3) is 0 Å². The van der Waals surface area contributed by atoms with Crippen molar-refractivity contribution in [3.63, 3.8) is 0 Å². The number of nitrogens with one attached hydrogen (secondary N) is 1. The Bertz CT molecular complexity index is 547. The quantitative estimate of drug-likeness (QED) is 0.599. The van der Waals surface area contributed by atoms with Gasteiger partial charge in [-0.15, -0.1) is 0 Å². The summed E-state index contributed by atoms with van der Waals surface area (Å²) in [5.74, 6) is -7.48. The minimum absolute atomic E-state index is 0.0153. The number of halogens is 7. The second kappa shape index (κ2) is 6.23. The normalized spacial score (nSPS) is 13.0. The summed E-state index contributed by atoms with van der Waals surface area (Å²) in [5.41, 5.74) is -0.0153. The molecule has 2 N–H and O–H groups in total. The van der Waals surface area contributed by atoms with E-state index in [0.717, 1.165) is 18.2 Å². The van der Waals surface area contributed by atoms with E-state index < -0.39 is 46.5 Å². The Hall–Kier alpha value is -1.65. The van der Waals surface area contributed by atoms with Crippen LogP contribution in [-0.4, -0.2) is 35.0 Å². The van der Waals surface area contributed by atoms with Crippen LogP contribution in [-0.2, 0) is 4.79 Å². The predicted molar refractivity (Wildman–Crippen MR) is 64.4 cm³/mol. The minimum atomic E-state index is -6.40. The number of carboxylic acids is 1. The van der Waals surface area contributed by atoms with E-state index >= 15 is 0 Å². The van der Waals surface area contributed by atoms with Crippen LogP contribution in [0, 0.1) is 0 Å². The molecule has 1 aromatic carbocycles. The van der Waals surface area contributed by atoms with Gasteiger partial charge < -0.3 is 10.4 Å². The van der Waals surface area contributed by atoms with Gasteiger partial charge in [0.25, 0.3) is 0 Å². The van der Waals surface area contributed by atoms with Gasteiger partial charge in [0.05, 0.1) is 0 Å². The first-order chi connectivity index (χ1) is 9.87. The number of hydrogen-bond donors (Lipinski definition) is 2. The Morgan fingerprint density at radius 1 is 1.14 bits per heavy atom. The zero-order valence-electron chi connectivity index (χ0n) is 10.4. The third kappa shape index (κ3) is 4.18. The largest absolute Gasteiger partial charge is 0.480 e. The van der Waals surface area contributed by atoms with Crippen molar-refractivity contribution >= 4 is 23.4 Å². The number of rotatable bonds is 6. The maximum atomic E-state index is 13.2. The topological polar surface area (TPSA) is 49.3 Å². The first kappa shape index (κ1) is 18.4.